The van der Waals surface area contributed by atoms with Gasteiger partial charge in [-0.3, -0.25) is 0 Å². The van der Waals surface area contributed by atoms with Gasteiger partial charge < -0.3 is 13.9 Å². The molecule has 0 saturated carbocycles. The first-order valence-electron chi connectivity index (χ1n) is 4.77. The second-order valence-electron chi connectivity index (χ2n) is 2.95. The Labute approximate surface area is 98.3 Å². The molecule has 0 aliphatic carbocycles. The zero-order valence-corrected chi connectivity index (χ0v) is 9.51. The van der Waals surface area contributed by atoms with E-state index in [2.05, 4.69) is 9.47 Å². The number of carbonyl (C=O) groups is 2. The van der Waals surface area contributed by atoms with Crippen LogP contribution in [-0.4, -0.2) is 26.2 Å². The van der Waals surface area contributed by atoms with Crippen molar-refractivity contribution in [1.29, 1.82) is 0 Å². The maximum absolute atomic E-state index is 10.9. The zero-order chi connectivity index (χ0) is 12.7. The number of carbonyl (C=O) groups excluding carboxylic acids is 2. The second kappa shape index (κ2) is 6.32. The van der Waals surface area contributed by atoms with Gasteiger partial charge in [-0.05, 0) is 18.2 Å². The van der Waals surface area contributed by atoms with Crippen molar-refractivity contribution in [2.24, 2.45) is 0 Å². The maximum atomic E-state index is 10.9. The summed E-state index contributed by atoms with van der Waals surface area (Å²) in [5.41, 5.74) is 0.663. The molecule has 0 amide bonds. The number of rotatable bonds is 4. The molecule has 0 radical (unpaired) electrons. The largest absolute Gasteiger partial charge is 0.466 e. The van der Waals surface area contributed by atoms with Crippen molar-refractivity contribution in [1.82, 2.24) is 0 Å². The lowest BCUT2D eigenvalue weighted by atomic mass is 10.2. The SMILES string of the molecule is COC(=O)/C=C/c1ccoc1/C=C/C(=O)OC. The summed E-state index contributed by atoms with van der Waals surface area (Å²) in [5.74, 6) is -0.492. The molecule has 0 saturated heterocycles. The lowest BCUT2D eigenvalue weighted by Crippen LogP contribution is -1.94. The van der Waals surface area contributed by atoms with E-state index in [1.165, 1.54) is 44.8 Å². The monoisotopic (exact) mass is 236 g/mol. The average molecular weight is 236 g/mol. The normalized spacial score (nSPS) is 10.9. The summed E-state index contributed by atoms with van der Waals surface area (Å²) in [6.45, 7) is 0. The third-order valence-corrected chi connectivity index (χ3v) is 1.90. The number of hydrogen-bond donors (Lipinski definition) is 0. The van der Waals surface area contributed by atoms with Crippen LogP contribution < -0.4 is 0 Å². The highest BCUT2D eigenvalue weighted by molar-refractivity contribution is 5.89. The molecule has 0 bridgehead atoms. The molecular formula is C12H12O5. The van der Waals surface area contributed by atoms with Gasteiger partial charge in [-0.2, -0.15) is 0 Å². The van der Waals surface area contributed by atoms with E-state index >= 15 is 0 Å². The predicted molar refractivity (Wildman–Crippen MR) is 60.8 cm³/mol. The lowest BCUT2D eigenvalue weighted by molar-refractivity contribution is -0.135. The van der Waals surface area contributed by atoms with Crippen molar-refractivity contribution in [2.45, 2.75) is 0 Å². The Kier molecular flexibility index (Phi) is 4.75. The summed E-state index contributed by atoms with van der Waals surface area (Å²) >= 11 is 0. The summed E-state index contributed by atoms with van der Waals surface area (Å²) in [7, 11) is 2.58. The summed E-state index contributed by atoms with van der Waals surface area (Å²) in [6, 6.07) is 1.66. The first kappa shape index (κ1) is 12.8. The summed E-state index contributed by atoms with van der Waals surface area (Å²) in [4.78, 5) is 21.8. The predicted octanol–water partition coefficient (Wildman–Crippen LogP) is 1.65. The second-order valence-corrected chi connectivity index (χ2v) is 2.95. The Morgan fingerprint density at radius 3 is 2.29 bits per heavy atom. The highest BCUT2D eigenvalue weighted by Gasteiger charge is 2.01. The van der Waals surface area contributed by atoms with E-state index < -0.39 is 11.9 Å². The number of hydrogen-bond acceptors (Lipinski definition) is 5. The van der Waals surface area contributed by atoms with Gasteiger partial charge in [0.1, 0.15) is 5.76 Å². The molecule has 0 atom stereocenters. The fraction of sp³-hybridized carbons (Fsp3) is 0.167. The molecule has 5 heteroatoms. The van der Waals surface area contributed by atoms with E-state index in [1.807, 2.05) is 0 Å². The van der Waals surface area contributed by atoms with E-state index in [9.17, 15) is 9.59 Å². The third kappa shape index (κ3) is 3.98. The lowest BCUT2D eigenvalue weighted by Gasteiger charge is -1.92. The zero-order valence-electron chi connectivity index (χ0n) is 9.51. The highest BCUT2D eigenvalue weighted by atomic mass is 16.5. The van der Waals surface area contributed by atoms with Crippen LogP contribution in [0.5, 0.6) is 0 Å². The first-order valence-corrected chi connectivity index (χ1v) is 4.77. The summed E-state index contributed by atoms with van der Waals surface area (Å²) < 4.78 is 14.0. The molecule has 1 rings (SSSR count). The Morgan fingerprint density at radius 2 is 1.71 bits per heavy atom. The summed E-state index contributed by atoms with van der Waals surface area (Å²) in [5, 5.41) is 0. The summed E-state index contributed by atoms with van der Waals surface area (Å²) in [6.07, 6.45) is 6.94. The minimum atomic E-state index is -0.482. The van der Waals surface area contributed by atoms with Gasteiger partial charge in [-0.1, -0.05) is 0 Å². The number of ether oxygens (including phenoxy) is 2. The van der Waals surface area contributed by atoms with Gasteiger partial charge in [0.25, 0.3) is 0 Å². The molecule has 1 aromatic rings. The Balaban J connectivity index is 2.79. The molecule has 5 nitrogen and oxygen atoms in total. The van der Waals surface area contributed by atoms with Crippen molar-refractivity contribution >= 4 is 24.1 Å². The highest BCUT2D eigenvalue weighted by Crippen LogP contribution is 2.14. The van der Waals surface area contributed by atoms with Gasteiger partial charge in [0.05, 0.1) is 20.5 Å². The van der Waals surface area contributed by atoms with E-state index in [4.69, 9.17) is 4.42 Å². The van der Waals surface area contributed by atoms with Crippen molar-refractivity contribution in [3.63, 3.8) is 0 Å². The molecule has 0 aliphatic heterocycles. The Morgan fingerprint density at radius 1 is 1.12 bits per heavy atom. The number of furan rings is 1. The van der Waals surface area contributed by atoms with Gasteiger partial charge in [0.15, 0.2) is 0 Å². The molecule has 1 heterocycles. The Bertz CT molecular complexity index is 413. The first-order chi connectivity index (χ1) is 8.17. The maximum Gasteiger partial charge on any atom is 0.330 e. The van der Waals surface area contributed by atoms with Crippen LogP contribution >= 0.6 is 0 Å². The molecule has 90 valence electrons. The van der Waals surface area contributed by atoms with Gasteiger partial charge in [-0.25, -0.2) is 9.59 Å². The molecule has 0 aromatic carbocycles. The minimum absolute atomic E-state index is 0.454. The van der Waals surface area contributed by atoms with E-state index in [-0.39, 0.29) is 0 Å². The fourth-order valence-electron chi connectivity index (χ4n) is 1.04. The molecule has 0 aliphatic rings. The van der Waals surface area contributed by atoms with Crippen LogP contribution in [0.3, 0.4) is 0 Å². The molecule has 0 fully saturated rings. The van der Waals surface area contributed by atoms with Crippen molar-refractivity contribution in [2.75, 3.05) is 14.2 Å². The molecular weight excluding hydrogens is 224 g/mol. The topological polar surface area (TPSA) is 65.7 Å². The van der Waals surface area contributed by atoms with Crippen LogP contribution in [0.4, 0.5) is 0 Å². The molecule has 0 N–H and O–H groups in total. The van der Waals surface area contributed by atoms with Crippen LogP contribution in [-0.2, 0) is 19.1 Å². The van der Waals surface area contributed by atoms with Crippen molar-refractivity contribution in [3.8, 4) is 0 Å². The standard InChI is InChI=1S/C12H12O5/c1-15-11(13)5-3-9-7-8-17-10(9)4-6-12(14)16-2/h3-8H,1-2H3/b5-3+,6-4+. The molecule has 17 heavy (non-hydrogen) atoms. The Hall–Kier alpha value is -2.30. The third-order valence-electron chi connectivity index (χ3n) is 1.90. The van der Waals surface area contributed by atoms with Crippen molar-refractivity contribution in [3.05, 3.63) is 35.8 Å². The van der Waals surface area contributed by atoms with Crippen LogP contribution in [0, 0.1) is 0 Å². The van der Waals surface area contributed by atoms with E-state index in [1.54, 1.807) is 6.07 Å². The fourth-order valence-corrected chi connectivity index (χ4v) is 1.04. The van der Waals surface area contributed by atoms with Crippen LogP contribution in [0.2, 0.25) is 0 Å². The van der Waals surface area contributed by atoms with Gasteiger partial charge in [0.2, 0.25) is 0 Å². The molecule has 0 unspecified atom stereocenters. The van der Waals surface area contributed by atoms with Crippen LogP contribution in [0.15, 0.2) is 28.9 Å². The number of methoxy groups -OCH3 is 2. The molecule has 1 aromatic heterocycles. The van der Waals surface area contributed by atoms with Gasteiger partial charge >= 0.3 is 11.9 Å². The number of esters is 2. The van der Waals surface area contributed by atoms with Crippen molar-refractivity contribution < 1.29 is 23.5 Å². The van der Waals surface area contributed by atoms with Crippen LogP contribution in [0.25, 0.3) is 12.2 Å². The van der Waals surface area contributed by atoms with E-state index in [0.29, 0.717) is 11.3 Å². The average Bonchev–Trinajstić information content (AvgIpc) is 2.80. The quantitative estimate of drug-likeness (QED) is 0.587. The minimum Gasteiger partial charge on any atom is -0.466 e. The smallest absolute Gasteiger partial charge is 0.330 e. The van der Waals surface area contributed by atoms with Gasteiger partial charge in [0, 0.05) is 17.7 Å². The van der Waals surface area contributed by atoms with Gasteiger partial charge in [-0.15, -0.1) is 0 Å². The van der Waals surface area contributed by atoms with E-state index in [0.717, 1.165) is 0 Å². The molecule has 0 spiro atoms. The van der Waals surface area contributed by atoms with Crippen LogP contribution in [0.1, 0.15) is 11.3 Å².